The van der Waals surface area contributed by atoms with E-state index in [1.807, 2.05) is 0 Å². The highest BCUT2D eigenvalue weighted by Crippen LogP contribution is 2.24. The second-order valence-electron chi connectivity index (χ2n) is 3.61. The van der Waals surface area contributed by atoms with Gasteiger partial charge < -0.3 is 0 Å². The highest BCUT2D eigenvalue weighted by molar-refractivity contribution is 4.89. The lowest BCUT2D eigenvalue weighted by molar-refractivity contribution is 0.418. The van der Waals surface area contributed by atoms with Gasteiger partial charge in [-0.1, -0.05) is 44.8 Å². The van der Waals surface area contributed by atoms with Crippen LogP contribution in [-0.2, 0) is 0 Å². The first-order chi connectivity index (χ1) is 5.43. The van der Waals surface area contributed by atoms with E-state index in [4.69, 9.17) is 0 Å². The summed E-state index contributed by atoms with van der Waals surface area (Å²) in [6.45, 7) is 2.24. The lowest BCUT2D eigenvalue weighted by atomic mass is 9.89. The van der Waals surface area contributed by atoms with Crippen LogP contribution in [0.3, 0.4) is 0 Å². The molecular formula is C11H20. The molecule has 0 atom stereocenters. The smallest absolute Gasteiger partial charge is 0.0234 e. The van der Waals surface area contributed by atoms with Gasteiger partial charge in [0.15, 0.2) is 0 Å². The Bertz CT molecular complexity index is 107. The van der Waals surface area contributed by atoms with Crippen molar-refractivity contribution in [2.24, 2.45) is 5.92 Å². The Morgan fingerprint density at radius 1 is 1.18 bits per heavy atom. The molecule has 0 N–H and O–H groups in total. The molecule has 64 valence electrons. The minimum absolute atomic E-state index is 0.926. The minimum Gasteiger partial charge on any atom is -0.0883 e. The Morgan fingerprint density at radius 3 is 2.55 bits per heavy atom. The van der Waals surface area contributed by atoms with E-state index < -0.39 is 0 Å². The predicted molar refractivity (Wildman–Crippen MR) is 50.6 cm³/mol. The summed E-state index contributed by atoms with van der Waals surface area (Å²) in [5, 5.41) is 0. The van der Waals surface area contributed by atoms with Crippen molar-refractivity contribution in [3.63, 3.8) is 0 Å². The highest BCUT2D eigenvalue weighted by Gasteiger charge is 2.08. The molecule has 0 nitrogen and oxygen atoms in total. The van der Waals surface area contributed by atoms with Crippen molar-refractivity contribution in [2.45, 2.75) is 51.9 Å². The zero-order chi connectivity index (χ0) is 7.94. The summed E-state index contributed by atoms with van der Waals surface area (Å²) in [6, 6.07) is 0. The molecule has 0 aromatic carbocycles. The van der Waals surface area contributed by atoms with Crippen LogP contribution in [0.4, 0.5) is 0 Å². The summed E-state index contributed by atoms with van der Waals surface area (Å²) >= 11 is 0. The monoisotopic (exact) mass is 152 g/mol. The summed E-state index contributed by atoms with van der Waals surface area (Å²) in [5.74, 6) is 0.926. The molecule has 1 fully saturated rings. The van der Waals surface area contributed by atoms with Gasteiger partial charge in [-0.2, -0.15) is 0 Å². The molecule has 0 unspecified atom stereocenters. The van der Waals surface area contributed by atoms with Crippen LogP contribution in [0.1, 0.15) is 51.9 Å². The molecule has 1 saturated carbocycles. The lowest BCUT2D eigenvalue weighted by Gasteiger charge is -2.17. The molecule has 0 bridgehead atoms. The molecule has 0 spiro atoms. The van der Waals surface area contributed by atoms with E-state index in [1.54, 1.807) is 0 Å². The molecular weight excluding hydrogens is 132 g/mol. The molecule has 0 radical (unpaired) electrons. The first-order valence-corrected chi connectivity index (χ1v) is 5.10. The second-order valence-corrected chi connectivity index (χ2v) is 3.61. The minimum atomic E-state index is 0.926. The molecule has 1 rings (SSSR count). The number of allylic oxidation sites excluding steroid dienone is 2. The van der Waals surface area contributed by atoms with Crippen LogP contribution in [0.25, 0.3) is 0 Å². The third-order valence-electron chi connectivity index (χ3n) is 2.51. The SMILES string of the molecule is CCCC=CC1CCCCC1. The first kappa shape index (κ1) is 8.83. The number of hydrogen-bond acceptors (Lipinski definition) is 0. The van der Waals surface area contributed by atoms with Crippen molar-refractivity contribution >= 4 is 0 Å². The summed E-state index contributed by atoms with van der Waals surface area (Å²) in [6.07, 6.45) is 14.7. The van der Waals surface area contributed by atoms with Crippen LogP contribution < -0.4 is 0 Å². The Balaban J connectivity index is 2.13. The average Bonchev–Trinajstić information content (AvgIpc) is 2.07. The van der Waals surface area contributed by atoms with E-state index in [0.29, 0.717) is 0 Å². The fourth-order valence-corrected chi connectivity index (χ4v) is 1.78. The average molecular weight is 152 g/mol. The van der Waals surface area contributed by atoms with E-state index >= 15 is 0 Å². The summed E-state index contributed by atoms with van der Waals surface area (Å²) < 4.78 is 0. The van der Waals surface area contributed by atoms with Crippen LogP contribution in [0.5, 0.6) is 0 Å². The van der Waals surface area contributed by atoms with Crippen molar-refractivity contribution in [3.05, 3.63) is 12.2 Å². The Morgan fingerprint density at radius 2 is 1.91 bits per heavy atom. The van der Waals surface area contributed by atoms with E-state index in [0.717, 1.165) is 5.92 Å². The normalized spacial score (nSPS) is 21.2. The van der Waals surface area contributed by atoms with Crippen molar-refractivity contribution in [1.29, 1.82) is 0 Å². The van der Waals surface area contributed by atoms with E-state index in [1.165, 1.54) is 44.9 Å². The number of hydrogen-bond donors (Lipinski definition) is 0. The molecule has 0 heteroatoms. The van der Waals surface area contributed by atoms with Crippen molar-refractivity contribution in [3.8, 4) is 0 Å². The van der Waals surface area contributed by atoms with Gasteiger partial charge in [0.2, 0.25) is 0 Å². The van der Waals surface area contributed by atoms with Crippen molar-refractivity contribution in [1.82, 2.24) is 0 Å². The van der Waals surface area contributed by atoms with Crippen molar-refractivity contribution < 1.29 is 0 Å². The van der Waals surface area contributed by atoms with Crippen LogP contribution >= 0.6 is 0 Å². The van der Waals surface area contributed by atoms with Gasteiger partial charge in [-0.15, -0.1) is 0 Å². The zero-order valence-corrected chi connectivity index (χ0v) is 7.68. The topological polar surface area (TPSA) is 0 Å². The van der Waals surface area contributed by atoms with Gasteiger partial charge in [0.05, 0.1) is 0 Å². The quantitative estimate of drug-likeness (QED) is 0.538. The predicted octanol–water partition coefficient (Wildman–Crippen LogP) is 3.92. The molecule has 1 aliphatic carbocycles. The summed E-state index contributed by atoms with van der Waals surface area (Å²) in [4.78, 5) is 0. The van der Waals surface area contributed by atoms with Crippen LogP contribution in [-0.4, -0.2) is 0 Å². The summed E-state index contributed by atoms with van der Waals surface area (Å²) in [7, 11) is 0. The molecule has 0 aliphatic heterocycles. The lowest BCUT2D eigenvalue weighted by Crippen LogP contribution is -2.02. The first-order valence-electron chi connectivity index (χ1n) is 5.10. The maximum absolute atomic E-state index is 2.45. The molecule has 0 aromatic heterocycles. The van der Waals surface area contributed by atoms with Gasteiger partial charge in [0, 0.05) is 0 Å². The maximum atomic E-state index is 2.45. The van der Waals surface area contributed by atoms with Gasteiger partial charge in [-0.25, -0.2) is 0 Å². The largest absolute Gasteiger partial charge is 0.0883 e. The fraction of sp³-hybridized carbons (Fsp3) is 0.818. The van der Waals surface area contributed by atoms with Gasteiger partial charge >= 0.3 is 0 Å². The second kappa shape index (κ2) is 5.40. The third-order valence-corrected chi connectivity index (χ3v) is 2.51. The van der Waals surface area contributed by atoms with Gasteiger partial charge in [0.1, 0.15) is 0 Å². The van der Waals surface area contributed by atoms with Crippen LogP contribution in [0.2, 0.25) is 0 Å². The Hall–Kier alpha value is -0.260. The Labute approximate surface area is 70.7 Å². The zero-order valence-electron chi connectivity index (χ0n) is 7.68. The molecule has 0 saturated heterocycles. The molecule has 0 aromatic rings. The van der Waals surface area contributed by atoms with E-state index in [2.05, 4.69) is 19.1 Å². The fourth-order valence-electron chi connectivity index (χ4n) is 1.78. The van der Waals surface area contributed by atoms with Crippen molar-refractivity contribution in [2.75, 3.05) is 0 Å². The van der Waals surface area contributed by atoms with Gasteiger partial charge in [-0.3, -0.25) is 0 Å². The standard InChI is InChI=1S/C11H20/c1-2-3-5-8-11-9-6-4-7-10-11/h5,8,11H,2-4,6-7,9-10H2,1H3. The van der Waals surface area contributed by atoms with Crippen LogP contribution in [0, 0.1) is 5.92 Å². The summed E-state index contributed by atoms with van der Waals surface area (Å²) in [5.41, 5.74) is 0. The van der Waals surface area contributed by atoms with E-state index in [9.17, 15) is 0 Å². The molecule has 0 amide bonds. The third kappa shape index (κ3) is 3.60. The molecule has 0 heterocycles. The highest BCUT2D eigenvalue weighted by atomic mass is 14.1. The molecule has 1 aliphatic rings. The van der Waals surface area contributed by atoms with E-state index in [-0.39, 0.29) is 0 Å². The maximum Gasteiger partial charge on any atom is -0.0234 e. The Kier molecular flexibility index (Phi) is 4.33. The number of rotatable bonds is 3. The van der Waals surface area contributed by atoms with Gasteiger partial charge in [-0.05, 0) is 25.2 Å². The molecule has 11 heavy (non-hydrogen) atoms. The van der Waals surface area contributed by atoms with Crippen LogP contribution in [0.15, 0.2) is 12.2 Å². The van der Waals surface area contributed by atoms with Gasteiger partial charge in [0.25, 0.3) is 0 Å². The number of unbranched alkanes of at least 4 members (excludes halogenated alkanes) is 1.